The van der Waals surface area contributed by atoms with Crippen LogP contribution in [0.15, 0.2) is 71.6 Å². The number of nitrogens with zero attached hydrogens (tertiary/aromatic N) is 2. The van der Waals surface area contributed by atoms with E-state index in [0.717, 1.165) is 29.2 Å². The molecule has 144 valence electrons. The van der Waals surface area contributed by atoms with Crippen LogP contribution in [0.25, 0.3) is 10.8 Å². The fraction of sp³-hybridized carbons (Fsp3) is 0.238. The molecule has 0 aliphatic heterocycles. The van der Waals surface area contributed by atoms with Crippen molar-refractivity contribution in [2.24, 2.45) is 0 Å². The van der Waals surface area contributed by atoms with Crippen LogP contribution in [0, 0.1) is 10.1 Å². The Morgan fingerprint density at radius 3 is 2.36 bits per heavy atom. The highest BCUT2D eigenvalue weighted by atomic mass is 32.2. The summed E-state index contributed by atoms with van der Waals surface area (Å²) in [6.45, 7) is 1.85. The van der Waals surface area contributed by atoms with E-state index in [4.69, 9.17) is 0 Å². The van der Waals surface area contributed by atoms with Crippen LogP contribution in [0.4, 0.5) is 5.69 Å². The van der Waals surface area contributed by atoms with Gasteiger partial charge in [0.2, 0.25) is 0 Å². The Balaban J connectivity index is 1.85. The number of benzene rings is 3. The summed E-state index contributed by atoms with van der Waals surface area (Å²) in [5.74, 6) is 0. The van der Waals surface area contributed by atoms with Crippen molar-refractivity contribution in [2.45, 2.75) is 36.7 Å². The lowest BCUT2D eigenvalue weighted by Crippen LogP contribution is -2.36. The lowest BCUT2D eigenvalue weighted by Gasteiger charge is -2.29. The third-order valence-electron chi connectivity index (χ3n) is 5.18. The summed E-state index contributed by atoms with van der Waals surface area (Å²) in [7, 11) is -4.04. The van der Waals surface area contributed by atoms with E-state index < -0.39 is 26.7 Å². The maximum Gasteiger partial charge on any atom is 0.289 e. The third-order valence-corrected chi connectivity index (χ3v) is 7.25. The van der Waals surface area contributed by atoms with Gasteiger partial charge in [0.15, 0.2) is 4.90 Å². The van der Waals surface area contributed by atoms with Crippen molar-refractivity contribution in [3.63, 3.8) is 0 Å². The van der Waals surface area contributed by atoms with Crippen molar-refractivity contribution < 1.29 is 13.3 Å². The predicted octanol–water partition coefficient (Wildman–Crippen LogP) is 4.66. The molecule has 4 rings (SSSR count). The lowest BCUT2D eigenvalue weighted by molar-refractivity contribution is -0.387. The van der Waals surface area contributed by atoms with E-state index in [1.54, 1.807) is 0 Å². The van der Waals surface area contributed by atoms with Gasteiger partial charge in [-0.05, 0) is 42.2 Å². The van der Waals surface area contributed by atoms with Crippen LogP contribution in [0.2, 0.25) is 0 Å². The predicted molar refractivity (Wildman–Crippen MR) is 108 cm³/mol. The average molecular weight is 396 g/mol. The van der Waals surface area contributed by atoms with E-state index in [-0.39, 0.29) is 10.9 Å². The molecule has 6 nitrogen and oxygen atoms in total. The molecule has 28 heavy (non-hydrogen) atoms. The van der Waals surface area contributed by atoms with E-state index in [1.165, 1.54) is 28.6 Å². The number of rotatable bonds is 6. The molecule has 0 spiro atoms. The Bertz CT molecular complexity index is 1150. The first-order chi connectivity index (χ1) is 13.4. The molecular formula is C21H20N2O4S. The van der Waals surface area contributed by atoms with Crippen LogP contribution in [0.5, 0.6) is 0 Å². The molecular weight excluding hydrogens is 376 g/mol. The summed E-state index contributed by atoms with van der Waals surface area (Å²) in [4.78, 5) is 10.5. The number of hydrogen-bond donors (Lipinski definition) is 0. The molecule has 0 unspecified atom stereocenters. The quantitative estimate of drug-likeness (QED) is 0.448. The highest BCUT2D eigenvalue weighted by molar-refractivity contribution is 7.89. The second-order valence-corrected chi connectivity index (χ2v) is 8.85. The zero-order chi connectivity index (χ0) is 19.9. The molecule has 1 aliphatic rings. The van der Waals surface area contributed by atoms with Crippen molar-refractivity contribution in [1.29, 1.82) is 0 Å². The van der Waals surface area contributed by atoms with Crippen molar-refractivity contribution in [1.82, 2.24) is 4.31 Å². The number of hydrogen-bond acceptors (Lipinski definition) is 4. The Kier molecular flexibility index (Phi) is 4.64. The van der Waals surface area contributed by atoms with Gasteiger partial charge < -0.3 is 0 Å². The molecule has 0 radical (unpaired) electrons. The number of para-hydroxylation sites is 1. The van der Waals surface area contributed by atoms with E-state index in [0.29, 0.717) is 0 Å². The van der Waals surface area contributed by atoms with Crippen LogP contribution >= 0.6 is 0 Å². The van der Waals surface area contributed by atoms with Crippen molar-refractivity contribution in [3.05, 3.63) is 82.4 Å². The molecule has 1 atom stereocenters. The van der Waals surface area contributed by atoms with E-state index in [2.05, 4.69) is 0 Å². The lowest BCUT2D eigenvalue weighted by atomic mass is 9.99. The molecule has 3 aromatic rings. The topological polar surface area (TPSA) is 80.5 Å². The molecule has 7 heteroatoms. The summed E-state index contributed by atoms with van der Waals surface area (Å²) in [6, 6.07) is 18.6. The minimum Gasteiger partial charge on any atom is -0.258 e. The molecule has 1 saturated carbocycles. The van der Waals surface area contributed by atoms with Crippen LogP contribution in [-0.2, 0) is 10.0 Å². The minimum absolute atomic E-state index is 0.140. The molecule has 0 amide bonds. The smallest absolute Gasteiger partial charge is 0.258 e. The van der Waals surface area contributed by atoms with Crippen molar-refractivity contribution in [2.75, 3.05) is 0 Å². The Morgan fingerprint density at radius 2 is 1.64 bits per heavy atom. The zero-order valence-electron chi connectivity index (χ0n) is 15.4. The summed E-state index contributed by atoms with van der Waals surface area (Å²) >= 11 is 0. The molecule has 0 saturated heterocycles. The Morgan fingerprint density at radius 1 is 1.00 bits per heavy atom. The minimum atomic E-state index is -4.04. The first-order valence-corrected chi connectivity index (χ1v) is 10.6. The molecule has 3 aromatic carbocycles. The van der Waals surface area contributed by atoms with Gasteiger partial charge in [0.05, 0.1) is 4.92 Å². The van der Waals surface area contributed by atoms with Gasteiger partial charge >= 0.3 is 0 Å². The van der Waals surface area contributed by atoms with Crippen LogP contribution in [-0.4, -0.2) is 23.7 Å². The zero-order valence-corrected chi connectivity index (χ0v) is 16.2. The van der Waals surface area contributed by atoms with E-state index in [1.807, 2.05) is 49.4 Å². The Labute approximate surface area is 163 Å². The summed E-state index contributed by atoms with van der Waals surface area (Å²) in [6.07, 6.45) is 1.52. The molecule has 0 N–H and O–H groups in total. The number of nitro benzene ring substituents is 1. The standard InChI is InChI=1S/C21H20N2O4S/c1-15(18-10-6-8-16-7-2-3-9-19(16)18)22(17-13-14-17)28(26,27)21-12-5-4-11-20(21)23(24)25/h2-12,15,17H,13-14H2,1H3/t15-/m0/s1. The number of fused-ring (bicyclic) bond motifs is 1. The fourth-order valence-electron chi connectivity index (χ4n) is 3.74. The largest absolute Gasteiger partial charge is 0.289 e. The van der Waals surface area contributed by atoms with Gasteiger partial charge in [0.1, 0.15) is 0 Å². The molecule has 0 bridgehead atoms. The Hall–Kier alpha value is -2.77. The second-order valence-electron chi connectivity index (χ2n) is 7.04. The molecule has 1 aliphatic carbocycles. The normalized spacial score (nSPS) is 15.6. The SMILES string of the molecule is C[C@@H](c1cccc2ccccc12)N(C1CC1)S(=O)(=O)c1ccccc1[N+](=O)[O-]. The summed E-state index contributed by atoms with van der Waals surface area (Å²) in [5.41, 5.74) is 0.505. The molecule has 0 aromatic heterocycles. The van der Waals surface area contributed by atoms with Crippen LogP contribution in [0.3, 0.4) is 0 Å². The van der Waals surface area contributed by atoms with Crippen LogP contribution < -0.4 is 0 Å². The first kappa shape index (κ1) is 18.6. The van der Waals surface area contributed by atoms with Crippen molar-refractivity contribution in [3.8, 4) is 0 Å². The average Bonchev–Trinajstić information content (AvgIpc) is 3.52. The van der Waals surface area contributed by atoms with Gasteiger partial charge in [-0.3, -0.25) is 10.1 Å². The van der Waals surface area contributed by atoms with Crippen LogP contribution in [0.1, 0.15) is 31.4 Å². The van der Waals surface area contributed by atoms with Gasteiger partial charge in [0, 0.05) is 18.2 Å². The summed E-state index contributed by atoms with van der Waals surface area (Å²) in [5, 5.41) is 13.4. The van der Waals surface area contributed by atoms with Crippen molar-refractivity contribution >= 4 is 26.5 Å². The third kappa shape index (κ3) is 3.16. The van der Waals surface area contributed by atoms with Gasteiger partial charge in [-0.15, -0.1) is 0 Å². The highest BCUT2D eigenvalue weighted by Crippen LogP contribution is 2.42. The number of nitro groups is 1. The van der Waals surface area contributed by atoms with E-state index in [9.17, 15) is 18.5 Å². The highest BCUT2D eigenvalue weighted by Gasteiger charge is 2.44. The summed E-state index contributed by atoms with van der Waals surface area (Å²) < 4.78 is 28.5. The maximum absolute atomic E-state index is 13.5. The first-order valence-electron chi connectivity index (χ1n) is 9.16. The van der Waals surface area contributed by atoms with Gasteiger partial charge in [-0.25, -0.2) is 8.42 Å². The molecule has 0 heterocycles. The van der Waals surface area contributed by atoms with Gasteiger partial charge in [-0.2, -0.15) is 4.31 Å². The van der Waals surface area contributed by atoms with Gasteiger partial charge in [-0.1, -0.05) is 54.6 Å². The van der Waals surface area contributed by atoms with Gasteiger partial charge in [0.25, 0.3) is 15.7 Å². The number of sulfonamides is 1. The van der Waals surface area contributed by atoms with E-state index >= 15 is 0 Å². The maximum atomic E-state index is 13.5. The monoisotopic (exact) mass is 396 g/mol. The fourth-order valence-corrected chi connectivity index (χ4v) is 5.76. The molecule has 1 fully saturated rings. The second kappa shape index (κ2) is 7.00.